The number of esters is 2. The van der Waals surface area contributed by atoms with Crippen molar-refractivity contribution in [3.8, 4) is 0 Å². The van der Waals surface area contributed by atoms with Crippen molar-refractivity contribution in [2.24, 2.45) is 0 Å². The zero-order valence-corrected chi connectivity index (χ0v) is 19.5. The number of benzene rings is 2. The van der Waals surface area contributed by atoms with Gasteiger partial charge in [-0.25, -0.2) is 0 Å². The van der Waals surface area contributed by atoms with Crippen LogP contribution in [0.3, 0.4) is 0 Å². The lowest BCUT2D eigenvalue weighted by Crippen LogP contribution is -2.51. The van der Waals surface area contributed by atoms with Crippen LogP contribution in [0.2, 0.25) is 0 Å². The van der Waals surface area contributed by atoms with Gasteiger partial charge in [-0.15, -0.1) is 0 Å². The minimum Gasteiger partial charge on any atom is -0.465 e. The molecule has 6 heteroatoms. The molecule has 0 bridgehead atoms. The van der Waals surface area contributed by atoms with Crippen molar-refractivity contribution in [2.45, 2.75) is 25.8 Å². The predicted molar refractivity (Wildman–Crippen MR) is 128 cm³/mol. The summed E-state index contributed by atoms with van der Waals surface area (Å²) in [7, 11) is 0. The number of rotatable bonds is 8. The Morgan fingerprint density at radius 3 is 1.94 bits per heavy atom. The van der Waals surface area contributed by atoms with Crippen LogP contribution in [0.25, 0.3) is 6.08 Å². The number of ether oxygens (including phenoxy) is 2. The van der Waals surface area contributed by atoms with E-state index in [4.69, 9.17) is 9.47 Å². The molecule has 6 nitrogen and oxygen atoms in total. The maximum absolute atomic E-state index is 13.4. The smallest absolute Gasteiger partial charge is 0.332 e. The summed E-state index contributed by atoms with van der Waals surface area (Å²) in [5.74, 6) is -1.11. The Kier molecular flexibility index (Phi) is 7.26. The number of hydrogen-bond donors (Lipinski definition) is 0. The maximum atomic E-state index is 13.4. The molecule has 0 radical (unpaired) electrons. The highest BCUT2D eigenvalue weighted by molar-refractivity contribution is 6.13. The highest BCUT2D eigenvalue weighted by Gasteiger charge is 2.57. The highest BCUT2D eigenvalue weighted by atomic mass is 16.6. The van der Waals surface area contributed by atoms with Crippen LogP contribution in [0.4, 0.5) is 0 Å². The van der Waals surface area contributed by atoms with Crippen LogP contribution in [0, 0.1) is 0 Å². The topological polar surface area (TPSA) is 59.1 Å². The van der Waals surface area contributed by atoms with Crippen LogP contribution in [0.15, 0.2) is 60.2 Å². The lowest BCUT2D eigenvalue weighted by atomic mass is 9.76. The molecule has 0 saturated carbocycles. The van der Waals surface area contributed by atoms with Crippen molar-refractivity contribution in [2.75, 3.05) is 45.9 Å². The van der Waals surface area contributed by atoms with Gasteiger partial charge in [0.25, 0.3) is 0 Å². The second-order valence-electron chi connectivity index (χ2n) is 8.49. The van der Waals surface area contributed by atoms with Gasteiger partial charge in [-0.2, -0.15) is 0 Å². The van der Waals surface area contributed by atoms with E-state index in [-0.39, 0.29) is 13.2 Å². The fourth-order valence-corrected chi connectivity index (χ4v) is 4.83. The molecule has 174 valence electrons. The molecular formula is C27H32N2O4. The second-order valence-corrected chi connectivity index (χ2v) is 8.49. The summed E-state index contributed by atoms with van der Waals surface area (Å²) < 4.78 is 10.9. The summed E-state index contributed by atoms with van der Waals surface area (Å²) in [5, 5.41) is 0. The zero-order valence-electron chi connectivity index (χ0n) is 19.5. The molecule has 0 N–H and O–H groups in total. The van der Waals surface area contributed by atoms with E-state index in [0.29, 0.717) is 12.1 Å². The normalized spacial score (nSPS) is 17.8. The SMILES string of the molecule is CCOC(=O)C1(C(=O)OCC)C(CN2CCN(Cc3ccccc3)CC2)=Cc2ccccc21. The number of carbonyl (C=O) groups is 2. The van der Waals surface area contributed by atoms with Crippen LogP contribution in [0.1, 0.15) is 30.5 Å². The average Bonchev–Trinajstić information content (AvgIpc) is 3.16. The first-order valence-corrected chi connectivity index (χ1v) is 11.7. The number of piperazine rings is 1. The molecular weight excluding hydrogens is 416 g/mol. The first-order valence-electron chi connectivity index (χ1n) is 11.7. The zero-order chi connectivity index (χ0) is 23.3. The minimum atomic E-state index is -1.54. The summed E-state index contributed by atoms with van der Waals surface area (Å²) in [5.41, 5.74) is 2.03. The molecule has 1 aliphatic heterocycles. The van der Waals surface area contributed by atoms with E-state index in [1.54, 1.807) is 13.8 Å². The number of fused-ring (bicyclic) bond motifs is 1. The van der Waals surface area contributed by atoms with Gasteiger partial charge in [0.15, 0.2) is 0 Å². The van der Waals surface area contributed by atoms with E-state index in [0.717, 1.165) is 43.9 Å². The molecule has 0 atom stereocenters. The van der Waals surface area contributed by atoms with Crippen LogP contribution < -0.4 is 0 Å². The van der Waals surface area contributed by atoms with Gasteiger partial charge in [-0.3, -0.25) is 19.4 Å². The molecule has 0 amide bonds. The maximum Gasteiger partial charge on any atom is 0.332 e. The monoisotopic (exact) mass is 448 g/mol. The second kappa shape index (κ2) is 10.3. The van der Waals surface area contributed by atoms with Crippen molar-refractivity contribution in [3.63, 3.8) is 0 Å². The Hall–Kier alpha value is -2.96. The first kappa shape index (κ1) is 23.2. The quantitative estimate of drug-likeness (QED) is 0.456. The fourth-order valence-electron chi connectivity index (χ4n) is 4.83. The van der Waals surface area contributed by atoms with E-state index in [9.17, 15) is 9.59 Å². The van der Waals surface area contributed by atoms with Crippen LogP contribution in [0.5, 0.6) is 0 Å². The summed E-state index contributed by atoms with van der Waals surface area (Å²) in [4.78, 5) is 31.5. The molecule has 1 fully saturated rings. The van der Waals surface area contributed by atoms with Gasteiger partial charge in [0.1, 0.15) is 0 Å². The average molecular weight is 449 g/mol. The van der Waals surface area contributed by atoms with Crippen molar-refractivity contribution >= 4 is 18.0 Å². The predicted octanol–water partition coefficient (Wildman–Crippen LogP) is 3.27. The lowest BCUT2D eigenvalue weighted by Gasteiger charge is -2.37. The van der Waals surface area contributed by atoms with Gasteiger partial charge in [-0.1, -0.05) is 60.7 Å². The Bertz CT molecular complexity index is 992. The van der Waals surface area contributed by atoms with E-state index in [2.05, 4.69) is 34.1 Å². The molecule has 0 unspecified atom stereocenters. The lowest BCUT2D eigenvalue weighted by molar-refractivity contribution is -0.162. The van der Waals surface area contributed by atoms with Crippen LogP contribution in [-0.2, 0) is 31.0 Å². The Balaban J connectivity index is 1.54. The van der Waals surface area contributed by atoms with Crippen LogP contribution >= 0.6 is 0 Å². The number of carbonyl (C=O) groups excluding carboxylic acids is 2. The van der Waals surface area contributed by atoms with Crippen molar-refractivity contribution in [1.29, 1.82) is 0 Å². The number of hydrogen-bond acceptors (Lipinski definition) is 6. The fraction of sp³-hybridized carbons (Fsp3) is 0.407. The van der Waals surface area contributed by atoms with Gasteiger partial charge in [0.05, 0.1) is 13.2 Å². The third-order valence-corrected chi connectivity index (χ3v) is 6.45. The third kappa shape index (κ3) is 4.59. The third-order valence-electron chi connectivity index (χ3n) is 6.45. The van der Waals surface area contributed by atoms with Crippen molar-refractivity contribution in [3.05, 3.63) is 76.9 Å². The van der Waals surface area contributed by atoms with Crippen molar-refractivity contribution < 1.29 is 19.1 Å². The molecule has 1 saturated heterocycles. The van der Waals surface area contributed by atoms with E-state index < -0.39 is 17.4 Å². The van der Waals surface area contributed by atoms with Gasteiger partial charge in [-0.05, 0) is 36.1 Å². The summed E-state index contributed by atoms with van der Waals surface area (Å²) >= 11 is 0. The van der Waals surface area contributed by atoms with Crippen LogP contribution in [-0.4, -0.2) is 67.7 Å². The van der Waals surface area contributed by atoms with Gasteiger partial charge < -0.3 is 9.47 Å². The van der Waals surface area contributed by atoms with Gasteiger partial charge >= 0.3 is 11.9 Å². The molecule has 2 aliphatic rings. The first-order chi connectivity index (χ1) is 16.1. The molecule has 0 spiro atoms. The van der Waals surface area contributed by atoms with E-state index in [1.165, 1.54) is 5.56 Å². The standard InChI is InChI=1S/C27H32N2O4/c1-3-32-25(30)27(26(31)33-4-2)23(18-22-12-8-9-13-24(22)27)20-29-16-14-28(15-17-29)19-21-10-6-5-7-11-21/h5-13,18H,3-4,14-17,19-20H2,1-2H3. The van der Waals surface area contributed by atoms with Gasteiger partial charge in [0.2, 0.25) is 5.41 Å². The molecule has 33 heavy (non-hydrogen) atoms. The molecule has 1 aliphatic carbocycles. The number of nitrogens with zero attached hydrogens (tertiary/aromatic N) is 2. The Morgan fingerprint density at radius 1 is 0.788 bits per heavy atom. The largest absolute Gasteiger partial charge is 0.465 e. The molecule has 4 rings (SSSR count). The van der Waals surface area contributed by atoms with Crippen molar-refractivity contribution in [1.82, 2.24) is 9.80 Å². The minimum absolute atomic E-state index is 0.202. The summed E-state index contributed by atoms with van der Waals surface area (Å²) in [6.07, 6.45) is 1.97. The molecule has 0 aromatic heterocycles. The highest BCUT2D eigenvalue weighted by Crippen LogP contribution is 2.44. The van der Waals surface area contributed by atoms with Gasteiger partial charge in [0, 0.05) is 39.3 Å². The Morgan fingerprint density at radius 2 is 1.33 bits per heavy atom. The summed E-state index contributed by atoms with van der Waals surface area (Å²) in [6, 6.07) is 18.0. The van der Waals surface area contributed by atoms with E-state index in [1.807, 2.05) is 36.4 Å². The molecule has 2 aromatic carbocycles. The molecule has 1 heterocycles. The van der Waals surface area contributed by atoms with E-state index >= 15 is 0 Å². The summed E-state index contributed by atoms with van der Waals surface area (Å²) in [6.45, 7) is 8.96. The molecule has 2 aromatic rings. The Labute approximate surface area is 195 Å².